The molecule has 0 aliphatic heterocycles. The molecule has 14 heavy (non-hydrogen) atoms. The van der Waals surface area contributed by atoms with Gasteiger partial charge in [0.05, 0.1) is 10.7 Å². The molecule has 1 amide bonds. The largest absolute Gasteiger partial charge is 0.399 e. The average Bonchev–Trinajstić information content (AvgIpc) is 2.12. The molecule has 0 saturated carbocycles. The lowest BCUT2D eigenvalue weighted by Gasteiger charge is -2.06. The summed E-state index contributed by atoms with van der Waals surface area (Å²) in [5.41, 5.74) is 6.73. The zero-order chi connectivity index (χ0) is 10.6. The van der Waals surface area contributed by atoms with Crippen LogP contribution >= 0.6 is 11.6 Å². The Labute approximate surface area is 88.2 Å². The number of halogens is 1. The van der Waals surface area contributed by atoms with Crippen LogP contribution in [0, 0.1) is 0 Å². The predicted molar refractivity (Wildman–Crippen MR) is 59.4 cm³/mol. The first-order chi connectivity index (χ1) is 6.63. The summed E-state index contributed by atoms with van der Waals surface area (Å²) in [4.78, 5) is 11.3. The molecule has 3 nitrogen and oxygen atoms in total. The Morgan fingerprint density at radius 3 is 2.93 bits per heavy atom. The fraction of sp³-hybridized carbons (Fsp3) is 0.300. The molecule has 1 aromatic carbocycles. The predicted octanol–water partition coefficient (Wildman–Crippen LogP) is 2.66. The van der Waals surface area contributed by atoms with Gasteiger partial charge in [0.2, 0.25) is 5.91 Å². The van der Waals surface area contributed by atoms with E-state index < -0.39 is 0 Å². The molecule has 0 spiro atoms. The minimum absolute atomic E-state index is 0.0417. The van der Waals surface area contributed by atoms with Crippen molar-refractivity contribution in [1.82, 2.24) is 0 Å². The molecule has 3 N–H and O–H groups in total. The van der Waals surface area contributed by atoms with Gasteiger partial charge in [-0.05, 0) is 24.6 Å². The molecule has 1 aromatic rings. The van der Waals surface area contributed by atoms with Crippen LogP contribution in [-0.4, -0.2) is 5.91 Å². The van der Waals surface area contributed by atoms with Crippen LogP contribution < -0.4 is 11.1 Å². The second kappa shape index (κ2) is 4.86. The van der Waals surface area contributed by atoms with Crippen LogP contribution in [0.1, 0.15) is 19.8 Å². The number of nitrogen functional groups attached to an aromatic ring is 1. The molecule has 0 aromatic heterocycles. The van der Waals surface area contributed by atoms with Crippen LogP contribution in [0.25, 0.3) is 0 Å². The first-order valence-electron chi connectivity index (χ1n) is 4.48. The van der Waals surface area contributed by atoms with E-state index >= 15 is 0 Å². The lowest BCUT2D eigenvalue weighted by atomic mass is 10.2. The number of benzene rings is 1. The molecule has 0 aliphatic carbocycles. The van der Waals surface area contributed by atoms with Crippen LogP contribution in [0.3, 0.4) is 0 Å². The van der Waals surface area contributed by atoms with Crippen LogP contribution in [-0.2, 0) is 4.79 Å². The summed E-state index contributed by atoms with van der Waals surface area (Å²) in [6, 6.07) is 5.01. The summed E-state index contributed by atoms with van der Waals surface area (Å²) >= 11 is 5.87. The van der Waals surface area contributed by atoms with E-state index in [2.05, 4.69) is 5.32 Å². The molecule has 0 aliphatic rings. The van der Waals surface area contributed by atoms with E-state index in [0.717, 1.165) is 6.42 Å². The molecule has 0 radical (unpaired) electrons. The van der Waals surface area contributed by atoms with Crippen LogP contribution in [0.5, 0.6) is 0 Å². The molecule has 1 rings (SSSR count). The minimum Gasteiger partial charge on any atom is -0.399 e. The number of hydrogen-bond donors (Lipinski definition) is 2. The molecule has 0 bridgehead atoms. The highest BCUT2D eigenvalue weighted by molar-refractivity contribution is 6.33. The standard InChI is InChI=1S/C10H13ClN2O/c1-2-3-10(14)13-9-6-7(12)4-5-8(9)11/h4-6H,2-3,12H2,1H3,(H,13,14). The van der Waals surface area contributed by atoms with Crippen molar-refractivity contribution in [3.05, 3.63) is 23.2 Å². The van der Waals surface area contributed by atoms with Crippen molar-refractivity contribution in [2.45, 2.75) is 19.8 Å². The number of amides is 1. The van der Waals surface area contributed by atoms with Crippen molar-refractivity contribution in [3.8, 4) is 0 Å². The van der Waals surface area contributed by atoms with E-state index in [4.69, 9.17) is 17.3 Å². The number of carbonyl (C=O) groups is 1. The van der Waals surface area contributed by atoms with Crippen molar-refractivity contribution < 1.29 is 4.79 Å². The van der Waals surface area contributed by atoms with E-state index in [9.17, 15) is 4.79 Å². The minimum atomic E-state index is -0.0417. The van der Waals surface area contributed by atoms with Gasteiger partial charge in [-0.2, -0.15) is 0 Å². The van der Waals surface area contributed by atoms with Gasteiger partial charge in [0.15, 0.2) is 0 Å². The molecule has 0 fully saturated rings. The quantitative estimate of drug-likeness (QED) is 0.757. The number of anilines is 2. The molecule has 0 atom stereocenters. The molecule has 76 valence electrons. The van der Waals surface area contributed by atoms with Gasteiger partial charge >= 0.3 is 0 Å². The van der Waals surface area contributed by atoms with E-state index in [0.29, 0.717) is 22.8 Å². The maximum Gasteiger partial charge on any atom is 0.224 e. The maximum absolute atomic E-state index is 11.3. The summed E-state index contributed by atoms with van der Waals surface area (Å²) in [5.74, 6) is -0.0417. The Bertz CT molecular complexity index is 339. The zero-order valence-corrected chi connectivity index (χ0v) is 8.77. The number of hydrogen-bond acceptors (Lipinski definition) is 2. The van der Waals surface area contributed by atoms with E-state index in [1.54, 1.807) is 18.2 Å². The van der Waals surface area contributed by atoms with Gasteiger partial charge in [0.25, 0.3) is 0 Å². The number of rotatable bonds is 3. The highest BCUT2D eigenvalue weighted by Gasteiger charge is 2.04. The highest BCUT2D eigenvalue weighted by atomic mass is 35.5. The molecule has 0 heterocycles. The average molecular weight is 213 g/mol. The van der Waals surface area contributed by atoms with Gasteiger partial charge in [-0.15, -0.1) is 0 Å². The van der Waals surface area contributed by atoms with Crippen molar-refractivity contribution in [3.63, 3.8) is 0 Å². The van der Waals surface area contributed by atoms with E-state index in [1.165, 1.54) is 0 Å². The normalized spacial score (nSPS) is 9.86. The second-order valence-corrected chi connectivity index (χ2v) is 3.44. The topological polar surface area (TPSA) is 55.1 Å². The molecule has 4 heteroatoms. The Morgan fingerprint density at radius 2 is 2.29 bits per heavy atom. The fourth-order valence-corrected chi connectivity index (χ4v) is 1.24. The summed E-state index contributed by atoms with van der Waals surface area (Å²) in [7, 11) is 0. The van der Waals surface area contributed by atoms with Gasteiger partial charge in [-0.1, -0.05) is 18.5 Å². The molecule has 0 saturated heterocycles. The number of carbonyl (C=O) groups excluding carboxylic acids is 1. The summed E-state index contributed by atoms with van der Waals surface area (Å²) < 4.78 is 0. The fourth-order valence-electron chi connectivity index (χ4n) is 1.08. The van der Waals surface area contributed by atoms with E-state index in [-0.39, 0.29) is 5.91 Å². The smallest absolute Gasteiger partial charge is 0.224 e. The summed E-state index contributed by atoms with van der Waals surface area (Å²) in [6.45, 7) is 1.94. The van der Waals surface area contributed by atoms with Crippen molar-refractivity contribution in [2.75, 3.05) is 11.1 Å². The van der Waals surface area contributed by atoms with Crippen LogP contribution in [0.15, 0.2) is 18.2 Å². The monoisotopic (exact) mass is 212 g/mol. The maximum atomic E-state index is 11.3. The van der Waals surface area contributed by atoms with Crippen molar-refractivity contribution in [1.29, 1.82) is 0 Å². The Balaban J connectivity index is 2.75. The van der Waals surface area contributed by atoms with E-state index in [1.807, 2.05) is 6.92 Å². The van der Waals surface area contributed by atoms with Gasteiger partial charge in [0.1, 0.15) is 0 Å². The van der Waals surface area contributed by atoms with Gasteiger partial charge in [-0.25, -0.2) is 0 Å². The third kappa shape index (κ3) is 2.92. The van der Waals surface area contributed by atoms with Crippen LogP contribution in [0.2, 0.25) is 5.02 Å². The lowest BCUT2D eigenvalue weighted by molar-refractivity contribution is -0.116. The summed E-state index contributed by atoms with van der Waals surface area (Å²) in [6.07, 6.45) is 1.30. The number of nitrogens with one attached hydrogen (secondary N) is 1. The van der Waals surface area contributed by atoms with Gasteiger partial charge in [-0.3, -0.25) is 4.79 Å². The highest BCUT2D eigenvalue weighted by Crippen LogP contribution is 2.24. The molecular formula is C10H13ClN2O. The number of nitrogens with two attached hydrogens (primary N) is 1. The third-order valence-corrected chi connectivity index (χ3v) is 2.07. The molecular weight excluding hydrogens is 200 g/mol. The summed E-state index contributed by atoms with van der Waals surface area (Å²) in [5, 5.41) is 3.20. The Morgan fingerprint density at radius 1 is 1.57 bits per heavy atom. The van der Waals surface area contributed by atoms with Gasteiger partial charge in [0, 0.05) is 12.1 Å². The van der Waals surface area contributed by atoms with Crippen molar-refractivity contribution in [2.24, 2.45) is 0 Å². The van der Waals surface area contributed by atoms with Gasteiger partial charge < -0.3 is 11.1 Å². The first kappa shape index (κ1) is 10.9. The second-order valence-electron chi connectivity index (χ2n) is 3.04. The molecule has 0 unspecified atom stereocenters. The zero-order valence-electron chi connectivity index (χ0n) is 8.01. The SMILES string of the molecule is CCCC(=O)Nc1cc(N)ccc1Cl. The van der Waals surface area contributed by atoms with Crippen LogP contribution in [0.4, 0.5) is 11.4 Å². The Kier molecular flexibility index (Phi) is 3.77. The first-order valence-corrected chi connectivity index (χ1v) is 4.86. The third-order valence-electron chi connectivity index (χ3n) is 1.74. The lowest BCUT2D eigenvalue weighted by Crippen LogP contribution is -2.11. The Hall–Kier alpha value is -1.22. The van der Waals surface area contributed by atoms with Crippen molar-refractivity contribution >= 4 is 28.9 Å².